The molecule has 2 aromatic rings. The third kappa shape index (κ3) is 4.54. The molecular weight excluding hydrogens is 286 g/mol. The number of hydrogen-bond donors (Lipinski definition) is 2. The lowest BCUT2D eigenvalue weighted by atomic mass is 10.2. The summed E-state index contributed by atoms with van der Waals surface area (Å²) in [5, 5.41) is 8.55. The molecule has 6 heteroatoms. The Balaban J connectivity index is 1.92. The Morgan fingerprint density at radius 1 is 1.24 bits per heavy atom. The Bertz CT molecular complexity index is 633. The zero-order chi connectivity index (χ0) is 15.1. The van der Waals surface area contributed by atoms with Crippen LogP contribution in [0.3, 0.4) is 0 Å². The summed E-state index contributed by atoms with van der Waals surface area (Å²) in [7, 11) is 0. The van der Waals surface area contributed by atoms with Crippen molar-refractivity contribution >= 4 is 35.1 Å². The second kappa shape index (κ2) is 7.35. The van der Waals surface area contributed by atoms with Gasteiger partial charge in [-0.2, -0.15) is 5.10 Å². The molecule has 0 aliphatic carbocycles. The normalized spacial score (nSPS) is 10.5. The monoisotopic (exact) mass is 301 g/mol. The van der Waals surface area contributed by atoms with Crippen LogP contribution >= 0.6 is 11.3 Å². The Hall–Kier alpha value is -2.47. The first-order valence-corrected chi connectivity index (χ1v) is 7.34. The smallest absolute Gasteiger partial charge is 0.271 e. The quantitative estimate of drug-likeness (QED) is 0.658. The lowest BCUT2D eigenvalue weighted by Crippen LogP contribution is -2.17. The van der Waals surface area contributed by atoms with Gasteiger partial charge < -0.3 is 5.32 Å². The largest absolute Gasteiger partial charge is 0.326 e. The molecule has 0 aliphatic heterocycles. The predicted molar refractivity (Wildman–Crippen MR) is 84.7 cm³/mol. The van der Waals surface area contributed by atoms with Crippen LogP contribution in [0.25, 0.3) is 0 Å². The average molecular weight is 301 g/mol. The van der Waals surface area contributed by atoms with Gasteiger partial charge in [-0.3, -0.25) is 9.59 Å². The third-order valence-electron chi connectivity index (χ3n) is 2.65. The van der Waals surface area contributed by atoms with Crippen molar-refractivity contribution in [3.63, 3.8) is 0 Å². The summed E-state index contributed by atoms with van der Waals surface area (Å²) in [6.45, 7) is 1.78. The van der Waals surface area contributed by atoms with E-state index in [-0.39, 0.29) is 11.8 Å². The first-order valence-electron chi connectivity index (χ1n) is 6.46. The number of carbonyl (C=O) groups excluding carboxylic acids is 2. The van der Waals surface area contributed by atoms with Crippen LogP contribution in [0.2, 0.25) is 0 Å². The highest BCUT2D eigenvalue weighted by atomic mass is 32.1. The molecule has 0 saturated heterocycles. The number of thiophene rings is 1. The molecule has 1 aromatic heterocycles. The van der Waals surface area contributed by atoms with Gasteiger partial charge in [0.1, 0.15) is 0 Å². The molecule has 2 N–H and O–H groups in total. The first-order chi connectivity index (χ1) is 10.2. The minimum atomic E-state index is -0.295. The molecule has 0 unspecified atom stereocenters. The standard InChI is InChI=1S/C15H15N3O2S/c1-2-14(19)17-12-7-5-11(6-8-12)15(20)18-16-10-13-4-3-9-21-13/h3-10H,2H2,1H3,(H,17,19)(H,18,20)/b16-10-. The fourth-order valence-corrected chi connectivity index (χ4v) is 2.12. The topological polar surface area (TPSA) is 70.6 Å². The van der Waals surface area contributed by atoms with Crippen LogP contribution in [0.1, 0.15) is 28.6 Å². The number of anilines is 1. The summed E-state index contributed by atoms with van der Waals surface area (Å²) < 4.78 is 0. The van der Waals surface area contributed by atoms with Crippen LogP contribution in [0.15, 0.2) is 46.9 Å². The summed E-state index contributed by atoms with van der Waals surface area (Å²) in [4.78, 5) is 24.1. The number of hydrazone groups is 1. The number of benzene rings is 1. The Morgan fingerprint density at radius 2 is 2.00 bits per heavy atom. The van der Waals surface area contributed by atoms with Gasteiger partial charge in [-0.05, 0) is 35.7 Å². The van der Waals surface area contributed by atoms with Crippen molar-refractivity contribution < 1.29 is 9.59 Å². The minimum Gasteiger partial charge on any atom is -0.326 e. The summed E-state index contributed by atoms with van der Waals surface area (Å²) in [6.07, 6.45) is 2.01. The third-order valence-corrected chi connectivity index (χ3v) is 3.46. The maximum Gasteiger partial charge on any atom is 0.271 e. The van der Waals surface area contributed by atoms with Gasteiger partial charge in [0.05, 0.1) is 6.21 Å². The van der Waals surface area contributed by atoms with E-state index in [2.05, 4.69) is 15.8 Å². The van der Waals surface area contributed by atoms with Gasteiger partial charge in [0.2, 0.25) is 5.91 Å². The van der Waals surface area contributed by atoms with Crippen molar-refractivity contribution in [2.24, 2.45) is 5.10 Å². The SMILES string of the molecule is CCC(=O)Nc1ccc(C(=O)N/N=C\c2cccs2)cc1. The van der Waals surface area contributed by atoms with Gasteiger partial charge in [-0.15, -0.1) is 11.3 Å². The molecule has 108 valence electrons. The molecule has 1 aromatic carbocycles. The predicted octanol–water partition coefficient (Wildman–Crippen LogP) is 2.86. The zero-order valence-electron chi connectivity index (χ0n) is 11.5. The van der Waals surface area contributed by atoms with E-state index in [1.807, 2.05) is 17.5 Å². The van der Waals surface area contributed by atoms with Gasteiger partial charge in [0, 0.05) is 22.5 Å². The Kier molecular flexibility index (Phi) is 5.22. The number of carbonyl (C=O) groups is 2. The molecule has 0 aliphatic rings. The number of rotatable bonds is 5. The molecule has 0 spiro atoms. The van der Waals surface area contributed by atoms with Gasteiger partial charge in [-0.25, -0.2) is 5.43 Å². The molecule has 1 heterocycles. The van der Waals surface area contributed by atoms with Crippen molar-refractivity contribution in [2.75, 3.05) is 5.32 Å². The van der Waals surface area contributed by atoms with Gasteiger partial charge >= 0.3 is 0 Å². The molecule has 2 rings (SSSR count). The summed E-state index contributed by atoms with van der Waals surface area (Å²) >= 11 is 1.54. The zero-order valence-corrected chi connectivity index (χ0v) is 12.3. The molecule has 0 saturated carbocycles. The number of hydrogen-bond acceptors (Lipinski definition) is 4. The van der Waals surface area contributed by atoms with Crippen molar-refractivity contribution in [2.45, 2.75) is 13.3 Å². The van der Waals surface area contributed by atoms with Crippen LogP contribution in [-0.2, 0) is 4.79 Å². The van der Waals surface area contributed by atoms with Crippen molar-refractivity contribution in [1.82, 2.24) is 5.43 Å². The van der Waals surface area contributed by atoms with E-state index in [4.69, 9.17) is 0 Å². The molecular formula is C15H15N3O2S. The average Bonchev–Trinajstić information content (AvgIpc) is 3.01. The van der Waals surface area contributed by atoms with Crippen LogP contribution in [0.4, 0.5) is 5.69 Å². The molecule has 0 bridgehead atoms. The van der Waals surface area contributed by atoms with Crippen LogP contribution in [-0.4, -0.2) is 18.0 Å². The minimum absolute atomic E-state index is 0.0623. The van der Waals surface area contributed by atoms with Gasteiger partial charge in [0.15, 0.2) is 0 Å². The van der Waals surface area contributed by atoms with E-state index in [0.717, 1.165) is 4.88 Å². The summed E-state index contributed by atoms with van der Waals surface area (Å²) in [5.74, 6) is -0.357. The van der Waals surface area contributed by atoms with Gasteiger partial charge in [-0.1, -0.05) is 13.0 Å². The first kappa shape index (κ1) is 14.9. The van der Waals surface area contributed by atoms with Crippen molar-refractivity contribution in [1.29, 1.82) is 0 Å². The lowest BCUT2D eigenvalue weighted by Gasteiger charge is -2.04. The molecule has 2 amide bonds. The highest BCUT2D eigenvalue weighted by Crippen LogP contribution is 2.10. The molecule has 0 radical (unpaired) electrons. The number of nitrogens with zero attached hydrogens (tertiary/aromatic N) is 1. The summed E-state index contributed by atoms with van der Waals surface area (Å²) in [5.41, 5.74) is 3.61. The number of amides is 2. The highest BCUT2D eigenvalue weighted by Gasteiger charge is 2.05. The van der Waals surface area contributed by atoms with Crippen LogP contribution in [0, 0.1) is 0 Å². The van der Waals surface area contributed by atoms with Crippen molar-refractivity contribution in [3.8, 4) is 0 Å². The second-order valence-corrected chi connectivity index (χ2v) is 5.17. The summed E-state index contributed by atoms with van der Waals surface area (Å²) in [6, 6.07) is 10.5. The number of nitrogens with one attached hydrogen (secondary N) is 2. The molecule has 5 nitrogen and oxygen atoms in total. The maximum absolute atomic E-state index is 11.9. The lowest BCUT2D eigenvalue weighted by molar-refractivity contribution is -0.115. The van der Waals surface area contributed by atoms with E-state index in [1.54, 1.807) is 37.4 Å². The highest BCUT2D eigenvalue weighted by molar-refractivity contribution is 7.11. The van der Waals surface area contributed by atoms with E-state index in [9.17, 15) is 9.59 Å². The Labute approximate surface area is 126 Å². The van der Waals surface area contributed by atoms with E-state index >= 15 is 0 Å². The fourth-order valence-electron chi connectivity index (χ4n) is 1.54. The van der Waals surface area contributed by atoms with E-state index < -0.39 is 0 Å². The van der Waals surface area contributed by atoms with Crippen LogP contribution < -0.4 is 10.7 Å². The van der Waals surface area contributed by atoms with E-state index in [0.29, 0.717) is 17.7 Å². The maximum atomic E-state index is 11.9. The van der Waals surface area contributed by atoms with Gasteiger partial charge in [0.25, 0.3) is 5.91 Å². The molecule has 0 atom stereocenters. The molecule has 21 heavy (non-hydrogen) atoms. The van der Waals surface area contributed by atoms with E-state index in [1.165, 1.54) is 11.3 Å². The Morgan fingerprint density at radius 3 is 2.62 bits per heavy atom. The molecule has 0 fully saturated rings. The van der Waals surface area contributed by atoms with Crippen LogP contribution in [0.5, 0.6) is 0 Å². The fraction of sp³-hybridized carbons (Fsp3) is 0.133. The van der Waals surface area contributed by atoms with Crippen molar-refractivity contribution in [3.05, 3.63) is 52.2 Å². The second-order valence-electron chi connectivity index (χ2n) is 4.19.